The molecule has 0 aliphatic heterocycles. The zero-order valence-electron chi connectivity index (χ0n) is 6.60. The Morgan fingerprint density at radius 1 is 1.60 bits per heavy atom. The topological polar surface area (TPSA) is 41.1 Å². The average molecular weight is 162 g/mol. The van der Waals surface area contributed by atoms with Crippen LogP contribution in [0.4, 0.5) is 0 Å². The van der Waals surface area contributed by atoms with Crippen molar-refractivity contribution in [1.29, 1.82) is 0 Å². The minimum absolute atomic E-state index is 0.0526. The van der Waals surface area contributed by atoms with Crippen LogP contribution in [0.15, 0.2) is 0 Å². The Morgan fingerprint density at radius 3 is 2.50 bits per heavy atom. The standard InChI is InChI=1S/C6H14N2OS/c1-7-5(4-10-3)6(9)8-2/h5,7H,4H2,1-3H3,(H,8,9)/t5-/m0/s1. The van der Waals surface area contributed by atoms with Crippen LogP contribution in [-0.4, -0.2) is 38.1 Å². The van der Waals surface area contributed by atoms with Crippen LogP contribution in [0.2, 0.25) is 0 Å². The molecule has 10 heavy (non-hydrogen) atoms. The number of amides is 1. The lowest BCUT2D eigenvalue weighted by molar-refractivity contribution is -0.121. The van der Waals surface area contributed by atoms with Crippen molar-refractivity contribution in [3.8, 4) is 0 Å². The summed E-state index contributed by atoms with van der Waals surface area (Å²) >= 11 is 1.65. The Labute approximate surface area is 65.9 Å². The van der Waals surface area contributed by atoms with Crippen molar-refractivity contribution in [3.63, 3.8) is 0 Å². The lowest BCUT2D eigenvalue weighted by atomic mass is 10.3. The van der Waals surface area contributed by atoms with E-state index in [-0.39, 0.29) is 11.9 Å². The fraction of sp³-hybridized carbons (Fsp3) is 0.833. The van der Waals surface area contributed by atoms with E-state index < -0.39 is 0 Å². The molecule has 0 saturated carbocycles. The van der Waals surface area contributed by atoms with Gasteiger partial charge in [-0.15, -0.1) is 0 Å². The predicted octanol–water partition coefficient (Wildman–Crippen LogP) is -0.317. The van der Waals surface area contributed by atoms with Gasteiger partial charge in [0, 0.05) is 12.8 Å². The summed E-state index contributed by atoms with van der Waals surface area (Å²) in [5.41, 5.74) is 0. The number of hydrogen-bond acceptors (Lipinski definition) is 3. The molecule has 0 heterocycles. The minimum atomic E-state index is -0.0556. The van der Waals surface area contributed by atoms with Gasteiger partial charge in [-0.2, -0.15) is 11.8 Å². The molecule has 0 aromatic rings. The Bertz CT molecular complexity index is 108. The Morgan fingerprint density at radius 2 is 2.20 bits per heavy atom. The summed E-state index contributed by atoms with van der Waals surface area (Å²) in [5, 5.41) is 5.51. The maximum Gasteiger partial charge on any atom is 0.237 e. The number of thioether (sulfide) groups is 1. The molecule has 0 unspecified atom stereocenters. The van der Waals surface area contributed by atoms with E-state index in [4.69, 9.17) is 0 Å². The van der Waals surface area contributed by atoms with Gasteiger partial charge in [0.05, 0.1) is 6.04 Å². The van der Waals surface area contributed by atoms with Gasteiger partial charge in [0.25, 0.3) is 0 Å². The van der Waals surface area contributed by atoms with Gasteiger partial charge in [-0.3, -0.25) is 4.79 Å². The molecule has 0 fully saturated rings. The van der Waals surface area contributed by atoms with Crippen molar-refractivity contribution in [2.45, 2.75) is 6.04 Å². The third-order valence-corrected chi connectivity index (χ3v) is 1.91. The van der Waals surface area contributed by atoms with E-state index in [0.29, 0.717) is 0 Å². The molecule has 4 heteroatoms. The quantitative estimate of drug-likeness (QED) is 0.595. The van der Waals surface area contributed by atoms with Gasteiger partial charge in [0.1, 0.15) is 0 Å². The summed E-state index contributed by atoms with van der Waals surface area (Å²) in [6.07, 6.45) is 1.98. The van der Waals surface area contributed by atoms with Crippen LogP contribution >= 0.6 is 11.8 Å². The van der Waals surface area contributed by atoms with E-state index in [0.717, 1.165) is 5.75 Å². The Hall–Kier alpha value is -0.220. The molecule has 0 saturated heterocycles. The van der Waals surface area contributed by atoms with E-state index in [1.807, 2.05) is 6.26 Å². The third-order valence-electron chi connectivity index (χ3n) is 1.24. The summed E-state index contributed by atoms with van der Waals surface area (Å²) in [7, 11) is 3.43. The summed E-state index contributed by atoms with van der Waals surface area (Å²) < 4.78 is 0. The molecule has 60 valence electrons. The van der Waals surface area contributed by atoms with E-state index in [1.54, 1.807) is 25.9 Å². The highest BCUT2D eigenvalue weighted by Crippen LogP contribution is 1.95. The highest BCUT2D eigenvalue weighted by molar-refractivity contribution is 7.98. The highest BCUT2D eigenvalue weighted by atomic mass is 32.2. The number of hydrogen-bond donors (Lipinski definition) is 2. The van der Waals surface area contributed by atoms with Gasteiger partial charge in [0.15, 0.2) is 0 Å². The van der Waals surface area contributed by atoms with Crippen molar-refractivity contribution in [2.75, 3.05) is 26.1 Å². The van der Waals surface area contributed by atoms with E-state index in [9.17, 15) is 4.79 Å². The number of carbonyl (C=O) groups is 1. The second-order valence-corrected chi connectivity index (χ2v) is 2.82. The summed E-state index contributed by atoms with van der Waals surface area (Å²) in [6.45, 7) is 0. The second-order valence-electron chi connectivity index (χ2n) is 1.91. The lowest BCUT2D eigenvalue weighted by Gasteiger charge is -2.11. The molecule has 0 aliphatic rings. The Kier molecular flexibility index (Phi) is 5.43. The van der Waals surface area contributed by atoms with E-state index >= 15 is 0 Å². The summed E-state index contributed by atoms with van der Waals surface area (Å²) in [5.74, 6) is 0.868. The summed E-state index contributed by atoms with van der Waals surface area (Å²) in [4.78, 5) is 10.9. The van der Waals surface area contributed by atoms with Crippen molar-refractivity contribution >= 4 is 17.7 Å². The summed E-state index contributed by atoms with van der Waals surface area (Å²) in [6, 6.07) is -0.0556. The van der Waals surface area contributed by atoms with Crippen LogP contribution < -0.4 is 10.6 Å². The lowest BCUT2D eigenvalue weighted by Crippen LogP contribution is -2.42. The molecule has 1 atom stereocenters. The Balaban J connectivity index is 3.68. The first-order valence-electron chi connectivity index (χ1n) is 3.14. The van der Waals surface area contributed by atoms with Gasteiger partial charge < -0.3 is 10.6 Å². The van der Waals surface area contributed by atoms with Crippen LogP contribution in [0.5, 0.6) is 0 Å². The average Bonchev–Trinajstić information content (AvgIpc) is 1.99. The first kappa shape index (κ1) is 9.78. The first-order valence-corrected chi connectivity index (χ1v) is 4.53. The van der Waals surface area contributed by atoms with E-state index in [1.165, 1.54) is 0 Å². The second kappa shape index (κ2) is 5.56. The molecular formula is C6H14N2OS. The molecule has 0 aliphatic carbocycles. The van der Waals surface area contributed by atoms with Gasteiger partial charge in [-0.25, -0.2) is 0 Å². The molecule has 0 spiro atoms. The first-order chi connectivity index (χ1) is 4.76. The van der Waals surface area contributed by atoms with Crippen molar-refractivity contribution < 1.29 is 4.79 Å². The fourth-order valence-electron chi connectivity index (χ4n) is 0.631. The zero-order chi connectivity index (χ0) is 7.98. The SMILES string of the molecule is CNC(=O)[C@H](CSC)NC. The molecule has 3 nitrogen and oxygen atoms in total. The highest BCUT2D eigenvalue weighted by Gasteiger charge is 2.12. The normalized spacial score (nSPS) is 12.7. The maximum absolute atomic E-state index is 10.9. The smallest absolute Gasteiger partial charge is 0.237 e. The number of likely N-dealkylation sites (N-methyl/N-ethyl adjacent to an activating group) is 2. The van der Waals surface area contributed by atoms with Gasteiger partial charge >= 0.3 is 0 Å². The maximum atomic E-state index is 10.9. The monoisotopic (exact) mass is 162 g/mol. The molecular weight excluding hydrogens is 148 g/mol. The van der Waals surface area contributed by atoms with Crippen molar-refractivity contribution in [1.82, 2.24) is 10.6 Å². The number of rotatable bonds is 4. The number of nitrogens with one attached hydrogen (secondary N) is 2. The number of carbonyl (C=O) groups excluding carboxylic acids is 1. The van der Waals surface area contributed by atoms with Gasteiger partial charge in [0.2, 0.25) is 5.91 Å². The third kappa shape index (κ3) is 3.08. The fourth-order valence-corrected chi connectivity index (χ4v) is 1.28. The van der Waals surface area contributed by atoms with Crippen molar-refractivity contribution in [3.05, 3.63) is 0 Å². The zero-order valence-corrected chi connectivity index (χ0v) is 7.42. The molecule has 0 radical (unpaired) electrons. The van der Waals surface area contributed by atoms with Crippen LogP contribution in [-0.2, 0) is 4.79 Å². The van der Waals surface area contributed by atoms with E-state index in [2.05, 4.69) is 10.6 Å². The largest absolute Gasteiger partial charge is 0.358 e. The predicted molar refractivity (Wildman–Crippen MR) is 45.3 cm³/mol. The van der Waals surface area contributed by atoms with Crippen LogP contribution in [0, 0.1) is 0 Å². The molecule has 0 rings (SSSR count). The van der Waals surface area contributed by atoms with Crippen LogP contribution in [0.25, 0.3) is 0 Å². The van der Waals surface area contributed by atoms with Gasteiger partial charge in [-0.05, 0) is 13.3 Å². The molecule has 2 N–H and O–H groups in total. The molecule has 0 aromatic carbocycles. The van der Waals surface area contributed by atoms with Crippen LogP contribution in [0.1, 0.15) is 0 Å². The van der Waals surface area contributed by atoms with Crippen LogP contribution in [0.3, 0.4) is 0 Å². The molecule has 1 amide bonds. The van der Waals surface area contributed by atoms with Crippen molar-refractivity contribution in [2.24, 2.45) is 0 Å². The molecule has 0 aromatic heterocycles. The minimum Gasteiger partial charge on any atom is -0.358 e. The van der Waals surface area contributed by atoms with Gasteiger partial charge in [-0.1, -0.05) is 0 Å². The molecule has 0 bridgehead atoms.